The summed E-state index contributed by atoms with van der Waals surface area (Å²) in [5.74, 6) is 1.43. The predicted molar refractivity (Wildman–Crippen MR) is 169 cm³/mol. The van der Waals surface area contributed by atoms with Crippen molar-refractivity contribution in [1.82, 2.24) is 19.9 Å². The number of benzene rings is 2. The quantitative estimate of drug-likeness (QED) is 0.128. The zero-order valence-corrected chi connectivity index (χ0v) is 28.3. The standard InChI is InChI=1S/C15H14N2O2S.C14H11ClN2O2.CH4S.Na/c1-19-11-6-9-4-3-5-16-14(9)15-13(11)12(20-2)7-10(8-18)17-15;1-19-11-5-8-3-2-4-16-13(8)14-12(11)10(15)6-9(7-18)17-14;1-2;/h3-7,18H,8H2,1-2H3;2-6,18H,7H2,1H3;2H,1H3;/q;;;+1/p-1. The second-order valence-electron chi connectivity index (χ2n) is 8.48. The average molecular weight is 631 g/mol. The summed E-state index contributed by atoms with van der Waals surface area (Å²) in [7, 11) is 3.24. The Hall–Kier alpha value is -2.41. The number of aliphatic hydroxyl groups excluding tert-OH is 2. The Morgan fingerprint density at radius 2 is 1.24 bits per heavy atom. The van der Waals surface area contributed by atoms with Crippen molar-refractivity contribution in [3.63, 3.8) is 0 Å². The van der Waals surface area contributed by atoms with Crippen molar-refractivity contribution in [3.8, 4) is 11.5 Å². The summed E-state index contributed by atoms with van der Waals surface area (Å²) in [6, 6.07) is 15.1. The van der Waals surface area contributed by atoms with Crippen LogP contribution >= 0.6 is 23.4 Å². The third kappa shape index (κ3) is 6.87. The molecule has 2 aromatic carbocycles. The van der Waals surface area contributed by atoms with Crippen LogP contribution in [0.1, 0.15) is 11.4 Å². The maximum Gasteiger partial charge on any atom is 1.00 e. The number of hydrogen-bond acceptors (Lipinski definition) is 10. The van der Waals surface area contributed by atoms with Gasteiger partial charge in [-0.05, 0) is 42.7 Å². The van der Waals surface area contributed by atoms with E-state index in [0.717, 1.165) is 43.4 Å². The third-order valence-corrected chi connectivity index (χ3v) is 7.30. The number of hydrogen-bond donors (Lipinski definition) is 2. The Balaban J connectivity index is 0.000000213. The zero-order valence-electron chi connectivity index (χ0n) is 23.9. The number of methoxy groups -OCH3 is 2. The first-order chi connectivity index (χ1) is 20.0. The number of aliphatic hydroxyl groups is 2. The van der Waals surface area contributed by atoms with E-state index in [2.05, 4.69) is 32.6 Å². The van der Waals surface area contributed by atoms with E-state index >= 15 is 0 Å². The molecule has 0 aliphatic rings. The summed E-state index contributed by atoms with van der Waals surface area (Å²) >= 11 is 12.0. The molecule has 4 heterocycles. The molecule has 0 unspecified atom stereocenters. The van der Waals surface area contributed by atoms with Gasteiger partial charge in [0.1, 0.15) is 22.5 Å². The van der Waals surface area contributed by atoms with Gasteiger partial charge in [-0.3, -0.25) is 9.97 Å². The molecular formula is C30H28ClN4NaO4S2. The van der Waals surface area contributed by atoms with Crippen LogP contribution in [-0.2, 0) is 25.8 Å². The summed E-state index contributed by atoms with van der Waals surface area (Å²) < 4.78 is 10.9. The minimum atomic E-state index is -0.165. The number of nitrogens with zero attached hydrogens (tertiary/aromatic N) is 4. The van der Waals surface area contributed by atoms with Crippen molar-refractivity contribution in [2.75, 3.05) is 26.7 Å². The van der Waals surface area contributed by atoms with Crippen LogP contribution in [0.3, 0.4) is 0 Å². The number of thioether (sulfide) groups is 1. The maximum absolute atomic E-state index is 9.39. The SMILES string of the molecule is COc1cc2cccnc2c2nc(CO)cc(Cl)c12.COc1cc2cccnc2c2nc(CO)cc(SC)c12.C[S-].[Na+]. The van der Waals surface area contributed by atoms with E-state index in [4.69, 9.17) is 21.1 Å². The number of aromatic nitrogens is 4. The van der Waals surface area contributed by atoms with Crippen LogP contribution in [0.15, 0.2) is 65.8 Å². The van der Waals surface area contributed by atoms with Crippen LogP contribution < -0.4 is 39.0 Å². The summed E-state index contributed by atoms with van der Waals surface area (Å²) in [6.07, 6.45) is 7.04. The van der Waals surface area contributed by atoms with Gasteiger partial charge in [-0.25, -0.2) is 9.97 Å². The topological polar surface area (TPSA) is 110 Å². The van der Waals surface area contributed by atoms with E-state index in [1.54, 1.807) is 50.7 Å². The number of halogens is 1. The summed E-state index contributed by atoms with van der Waals surface area (Å²) in [6.45, 7) is -0.254. The fourth-order valence-electron chi connectivity index (χ4n) is 4.49. The molecule has 212 valence electrons. The Morgan fingerprint density at radius 3 is 1.71 bits per heavy atom. The van der Waals surface area contributed by atoms with E-state index in [-0.39, 0.29) is 42.8 Å². The molecular weight excluding hydrogens is 603 g/mol. The van der Waals surface area contributed by atoms with Gasteiger partial charge in [0.05, 0.1) is 65.6 Å². The largest absolute Gasteiger partial charge is 1.00 e. The van der Waals surface area contributed by atoms with E-state index in [1.165, 1.54) is 0 Å². The maximum atomic E-state index is 9.39. The molecule has 0 atom stereocenters. The summed E-state index contributed by atoms with van der Waals surface area (Å²) in [5.41, 5.74) is 4.14. The van der Waals surface area contributed by atoms with Crippen LogP contribution in [0.2, 0.25) is 5.02 Å². The van der Waals surface area contributed by atoms with E-state index in [9.17, 15) is 10.2 Å². The molecule has 0 bridgehead atoms. The number of pyridine rings is 4. The molecule has 0 fully saturated rings. The van der Waals surface area contributed by atoms with Crippen LogP contribution in [-0.4, -0.2) is 56.9 Å². The van der Waals surface area contributed by atoms with E-state index in [0.29, 0.717) is 33.1 Å². The van der Waals surface area contributed by atoms with Gasteiger partial charge < -0.3 is 32.3 Å². The molecule has 8 nitrogen and oxygen atoms in total. The van der Waals surface area contributed by atoms with Crippen LogP contribution in [0, 0.1) is 0 Å². The first kappa shape index (κ1) is 34.1. The van der Waals surface area contributed by atoms with Gasteiger partial charge in [0.2, 0.25) is 0 Å². The van der Waals surface area contributed by atoms with E-state index in [1.807, 2.05) is 48.7 Å². The van der Waals surface area contributed by atoms with Gasteiger partial charge in [0, 0.05) is 28.1 Å². The van der Waals surface area contributed by atoms with Gasteiger partial charge in [-0.1, -0.05) is 23.7 Å². The van der Waals surface area contributed by atoms with Crippen molar-refractivity contribution < 1.29 is 49.2 Å². The van der Waals surface area contributed by atoms with Gasteiger partial charge in [-0.15, -0.1) is 11.8 Å². The van der Waals surface area contributed by atoms with Gasteiger partial charge in [0.25, 0.3) is 0 Å². The van der Waals surface area contributed by atoms with E-state index < -0.39 is 0 Å². The van der Waals surface area contributed by atoms with Crippen molar-refractivity contribution >= 4 is 79.6 Å². The normalized spacial score (nSPS) is 10.5. The third-order valence-electron chi connectivity index (χ3n) is 6.24. The molecule has 0 radical (unpaired) electrons. The molecule has 12 heteroatoms. The molecule has 0 aliphatic carbocycles. The van der Waals surface area contributed by atoms with Crippen molar-refractivity contribution in [3.05, 3.63) is 77.3 Å². The molecule has 6 rings (SSSR count). The molecule has 0 saturated carbocycles. The van der Waals surface area contributed by atoms with Crippen LogP contribution in [0.25, 0.3) is 43.6 Å². The second-order valence-corrected chi connectivity index (χ2v) is 9.74. The van der Waals surface area contributed by atoms with Gasteiger partial charge in [0.15, 0.2) is 0 Å². The predicted octanol–water partition coefficient (Wildman–Crippen LogP) is 3.11. The fourth-order valence-corrected chi connectivity index (χ4v) is 5.45. The molecule has 0 saturated heterocycles. The Bertz CT molecular complexity index is 1850. The Labute approximate surface area is 280 Å². The Morgan fingerprint density at radius 1 is 0.762 bits per heavy atom. The smallest absolute Gasteiger partial charge is 0.796 e. The van der Waals surface area contributed by atoms with Crippen LogP contribution in [0.5, 0.6) is 11.5 Å². The van der Waals surface area contributed by atoms with Crippen molar-refractivity contribution in [1.29, 1.82) is 0 Å². The second kappa shape index (κ2) is 15.9. The first-order valence-electron chi connectivity index (χ1n) is 12.4. The Kier molecular flexibility index (Phi) is 12.9. The summed E-state index contributed by atoms with van der Waals surface area (Å²) in [5, 5.41) is 22.7. The first-order valence-corrected chi connectivity index (χ1v) is 14.8. The molecule has 2 N–H and O–H groups in total. The molecule has 0 spiro atoms. The number of rotatable bonds is 5. The van der Waals surface area contributed by atoms with Crippen LogP contribution in [0.4, 0.5) is 0 Å². The molecule has 4 aromatic heterocycles. The molecule has 0 aliphatic heterocycles. The van der Waals surface area contributed by atoms with Crippen molar-refractivity contribution in [2.24, 2.45) is 0 Å². The minimum Gasteiger partial charge on any atom is -0.796 e. The van der Waals surface area contributed by atoms with Crippen molar-refractivity contribution in [2.45, 2.75) is 18.1 Å². The molecule has 0 amide bonds. The minimum absolute atomic E-state index is 0. The van der Waals surface area contributed by atoms with Gasteiger partial charge >= 0.3 is 29.6 Å². The monoisotopic (exact) mass is 630 g/mol. The molecule has 42 heavy (non-hydrogen) atoms. The zero-order chi connectivity index (χ0) is 29.5. The summed E-state index contributed by atoms with van der Waals surface area (Å²) in [4.78, 5) is 18.7. The molecule has 6 aromatic rings. The number of ether oxygens (including phenoxy) is 2. The number of fused-ring (bicyclic) bond motifs is 6. The fraction of sp³-hybridized carbons (Fsp3) is 0.200. The average Bonchev–Trinajstić information content (AvgIpc) is 3.04. The van der Waals surface area contributed by atoms with Gasteiger partial charge in [-0.2, -0.15) is 6.26 Å².